The summed E-state index contributed by atoms with van der Waals surface area (Å²) in [5.74, 6) is 0.466. The number of hydrogen-bond donors (Lipinski definition) is 2. The van der Waals surface area contributed by atoms with Gasteiger partial charge in [-0.05, 0) is 24.2 Å². The van der Waals surface area contributed by atoms with Gasteiger partial charge in [-0.3, -0.25) is 11.1 Å². The molecule has 0 saturated heterocycles. The van der Waals surface area contributed by atoms with E-state index < -0.39 is 15.1 Å². The first-order valence-electron chi connectivity index (χ1n) is 5.20. The molecule has 17 heavy (non-hydrogen) atoms. The summed E-state index contributed by atoms with van der Waals surface area (Å²) < 4.78 is 24.0. The summed E-state index contributed by atoms with van der Waals surface area (Å²) in [4.78, 5) is 0. The maximum absolute atomic E-state index is 12.0. The van der Waals surface area contributed by atoms with Crippen LogP contribution >= 0.6 is 11.8 Å². The van der Waals surface area contributed by atoms with Crippen LogP contribution in [-0.4, -0.2) is 25.1 Å². The number of nitrogens with two attached hydrogens (primary N) is 2. The van der Waals surface area contributed by atoms with Crippen LogP contribution < -0.4 is 11.1 Å². The number of rotatable bonds is 5. The summed E-state index contributed by atoms with van der Waals surface area (Å²) in [6.45, 7) is 1.70. The summed E-state index contributed by atoms with van der Waals surface area (Å²) in [5, 5.41) is 4.98. The van der Waals surface area contributed by atoms with Crippen LogP contribution in [0.3, 0.4) is 0 Å². The van der Waals surface area contributed by atoms with Crippen LogP contribution in [0.5, 0.6) is 0 Å². The van der Waals surface area contributed by atoms with E-state index in [1.54, 1.807) is 6.92 Å². The van der Waals surface area contributed by atoms with E-state index in [1.807, 2.05) is 30.3 Å². The Morgan fingerprint density at radius 1 is 1.41 bits per heavy atom. The molecule has 0 amide bonds. The molecule has 1 aromatic rings. The zero-order chi connectivity index (χ0) is 12.9. The van der Waals surface area contributed by atoms with Gasteiger partial charge in [-0.2, -0.15) is 0 Å². The predicted octanol–water partition coefficient (Wildman–Crippen LogP) is -0.0306. The minimum absolute atomic E-state index is 0.0750. The molecule has 0 saturated carbocycles. The van der Waals surface area contributed by atoms with E-state index in [-0.39, 0.29) is 10.9 Å². The van der Waals surface area contributed by atoms with E-state index in [1.165, 1.54) is 0 Å². The van der Waals surface area contributed by atoms with E-state index in [2.05, 4.69) is 0 Å². The highest BCUT2D eigenvalue weighted by molar-refractivity contribution is 8.14. The number of sulfone groups is 1. The third-order valence-corrected chi connectivity index (χ3v) is 5.57. The van der Waals surface area contributed by atoms with Gasteiger partial charge in [0, 0.05) is 5.75 Å². The molecule has 0 aliphatic rings. The maximum atomic E-state index is 12.0. The van der Waals surface area contributed by atoms with Crippen molar-refractivity contribution in [1.82, 2.24) is 0 Å². The largest absolute Gasteiger partial charge is 0.299 e. The first kappa shape index (κ1) is 14.1. The van der Waals surface area contributed by atoms with Gasteiger partial charge in [-0.15, -0.1) is 0 Å². The van der Waals surface area contributed by atoms with Crippen molar-refractivity contribution in [3.05, 3.63) is 35.9 Å². The van der Waals surface area contributed by atoms with Gasteiger partial charge < -0.3 is 0 Å². The molecule has 1 unspecified atom stereocenters. The van der Waals surface area contributed by atoms with Gasteiger partial charge in [0.05, 0.1) is 11.0 Å². The van der Waals surface area contributed by atoms with Crippen molar-refractivity contribution in [3.8, 4) is 0 Å². The first-order chi connectivity index (χ1) is 7.93. The highest BCUT2D eigenvalue weighted by atomic mass is 32.2. The second-order valence-corrected chi connectivity index (χ2v) is 7.28. The van der Waals surface area contributed by atoms with Gasteiger partial charge in [0.15, 0.2) is 9.84 Å². The van der Waals surface area contributed by atoms with Crippen LogP contribution in [-0.2, 0) is 9.84 Å². The van der Waals surface area contributed by atoms with Crippen molar-refractivity contribution in [3.63, 3.8) is 0 Å². The molecular formula is C11H17N2O2S2+. The normalized spacial score (nSPS) is 13.2. The maximum Gasteiger partial charge on any atom is 0.299 e. The lowest BCUT2D eigenvalue weighted by atomic mass is 10.2. The smallest absolute Gasteiger partial charge is 0.282 e. The summed E-state index contributed by atoms with van der Waals surface area (Å²) in [6, 6.07) is 9.17. The Balaban J connectivity index is 2.68. The molecule has 94 valence electrons. The van der Waals surface area contributed by atoms with Gasteiger partial charge in [0.1, 0.15) is 0 Å². The monoisotopic (exact) mass is 273 g/mol. The van der Waals surface area contributed by atoms with Crippen LogP contribution in [0.15, 0.2) is 30.3 Å². The molecule has 0 spiro atoms. The van der Waals surface area contributed by atoms with Crippen molar-refractivity contribution in [2.45, 2.75) is 12.2 Å². The van der Waals surface area contributed by atoms with Crippen LogP contribution in [0, 0.1) is 0 Å². The molecular weight excluding hydrogens is 256 g/mol. The molecule has 0 aromatic heterocycles. The second-order valence-electron chi connectivity index (χ2n) is 3.67. The van der Waals surface area contributed by atoms with Crippen LogP contribution in [0.4, 0.5) is 0 Å². The molecule has 1 atom stereocenters. The third-order valence-electron chi connectivity index (χ3n) is 2.44. The van der Waals surface area contributed by atoms with E-state index >= 15 is 0 Å². The van der Waals surface area contributed by atoms with Gasteiger partial charge >= 0.3 is 0 Å². The fourth-order valence-corrected chi connectivity index (χ4v) is 3.81. The second kappa shape index (κ2) is 6.07. The lowest BCUT2D eigenvalue weighted by Gasteiger charge is -2.12. The van der Waals surface area contributed by atoms with Gasteiger partial charge in [-0.1, -0.05) is 30.3 Å². The molecule has 0 bridgehead atoms. The van der Waals surface area contributed by atoms with Crippen molar-refractivity contribution >= 4 is 26.8 Å². The van der Waals surface area contributed by atoms with Crippen LogP contribution in [0.25, 0.3) is 0 Å². The Labute approximate surface area is 106 Å². The fraction of sp³-hybridized carbons (Fsp3) is 0.364. The quantitative estimate of drug-likeness (QED) is 0.583. The van der Waals surface area contributed by atoms with Crippen LogP contribution in [0.1, 0.15) is 17.7 Å². The minimum atomic E-state index is -3.15. The van der Waals surface area contributed by atoms with Crippen LogP contribution in [0.2, 0.25) is 0 Å². The van der Waals surface area contributed by atoms with E-state index in [4.69, 9.17) is 11.1 Å². The zero-order valence-corrected chi connectivity index (χ0v) is 11.3. The Bertz CT molecular complexity index is 472. The van der Waals surface area contributed by atoms with Gasteiger partial charge in [0.2, 0.25) is 0 Å². The lowest BCUT2D eigenvalue weighted by molar-refractivity contribution is -0.110. The fourth-order valence-electron chi connectivity index (χ4n) is 1.38. The Morgan fingerprint density at radius 2 is 2.00 bits per heavy atom. The molecule has 1 aromatic carbocycles. The number of amidine groups is 1. The lowest BCUT2D eigenvalue weighted by Crippen LogP contribution is -2.43. The SMILES string of the molecule is CC(c1ccccc1)S(=O)(=O)CCSC(N)=[NH2+]. The summed E-state index contributed by atoms with van der Waals surface area (Å²) >= 11 is 1.16. The van der Waals surface area contributed by atoms with Crippen molar-refractivity contribution in [2.24, 2.45) is 5.73 Å². The number of benzene rings is 1. The summed E-state index contributed by atoms with van der Waals surface area (Å²) in [7, 11) is -3.15. The molecule has 0 fully saturated rings. The molecule has 4 nitrogen and oxygen atoms in total. The highest BCUT2D eigenvalue weighted by Gasteiger charge is 2.22. The average molecular weight is 273 g/mol. The molecule has 1 rings (SSSR count). The van der Waals surface area contributed by atoms with E-state index in [0.717, 1.165) is 17.3 Å². The molecule has 0 aliphatic carbocycles. The molecule has 4 N–H and O–H groups in total. The van der Waals surface area contributed by atoms with Crippen molar-refractivity contribution < 1.29 is 13.8 Å². The van der Waals surface area contributed by atoms with Crippen molar-refractivity contribution in [1.29, 1.82) is 0 Å². The molecule has 6 heteroatoms. The van der Waals surface area contributed by atoms with E-state index in [9.17, 15) is 8.42 Å². The van der Waals surface area contributed by atoms with Crippen molar-refractivity contribution in [2.75, 3.05) is 11.5 Å². The molecule has 0 aliphatic heterocycles. The Kier molecular flexibility index (Phi) is 5.02. The predicted molar refractivity (Wildman–Crippen MR) is 72.2 cm³/mol. The molecule has 0 radical (unpaired) electrons. The highest BCUT2D eigenvalue weighted by Crippen LogP contribution is 2.22. The first-order valence-corrected chi connectivity index (χ1v) is 7.91. The Morgan fingerprint density at radius 3 is 2.53 bits per heavy atom. The minimum Gasteiger partial charge on any atom is -0.282 e. The van der Waals surface area contributed by atoms with Gasteiger partial charge in [0.25, 0.3) is 5.17 Å². The summed E-state index contributed by atoms with van der Waals surface area (Å²) in [6.07, 6.45) is 0. The zero-order valence-electron chi connectivity index (χ0n) is 9.67. The standard InChI is InChI=1S/C11H16N2O2S2/c1-9(10-5-3-2-4-6-10)17(14,15)8-7-16-11(12)13/h2-6,9H,7-8H2,1H3,(H3,12,13)/p+1. The third kappa shape index (κ3) is 4.40. The van der Waals surface area contributed by atoms with E-state index in [0.29, 0.717) is 5.75 Å². The molecule has 0 heterocycles. The topological polar surface area (TPSA) is 85.8 Å². The summed E-state index contributed by atoms with van der Waals surface area (Å²) in [5.41, 5.74) is 6.08. The number of hydrogen-bond acceptors (Lipinski definition) is 3. The Hall–Kier alpha value is -1.01. The van der Waals surface area contributed by atoms with Gasteiger partial charge in [-0.25, -0.2) is 8.42 Å². The average Bonchev–Trinajstić information content (AvgIpc) is 2.28. The number of thioether (sulfide) groups is 1.